The molecule has 0 amide bonds. The topological polar surface area (TPSA) is 57.6 Å². The maximum atomic E-state index is 13.4. The lowest BCUT2D eigenvalue weighted by Gasteiger charge is -2.52. The van der Waals surface area contributed by atoms with Crippen molar-refractivity contribution in [2.24, 2.45) is 5.92 Å². The number of piperidine rings is 2. The minimum absolute atomic E-state index is 0.0702. The summed E-state index contributed by atoms with van der Waals surface area (Å²) in [5.41, 5.74) is -0.348. The van der Waals surface area contributed by atoms with Crippen LogP contribution in [0.15, 0.2) is 53.4 Å². The second-order valence-electron chi connectivity index (χ2n) is 7.55. The van der Waals surface area contributed by atoms with Crippen molar-refractivity contribution < 1.29 is 26.7 Å². The summed E-state index contributed by atoms with van der Waals surface area (Å²) in [6.07, 6.45) is -3.64. The van der Waals surface area contributed by atoms with Crippen LogP contribution >= 0.6 is 11.6 Å². The average Bonchev–Trinajstić information content (AvgIpc) is 2.67. The standard InChI is InChI=1S/C20H19ClF3NO3S/c21-14-5-8-16(9-6-14)29(27,28)25-15-7-10-17(18(26)11-15)19(25)12-1-3-13(4-2-12)20(22,23)24/h1-6,8-9,15,17-19,26H,7,10-11H2/t15-,17+,18-,19+/m0/s1. The molecule has 4 nitrogen and oxygen atoms in total. The van der Waals surface area contributed by atoms with Gasteiger partial charge in [0, 0.05) is 17.0 Å². The lowest BCUT2D eigenvalue weighted by Crippen LogP contribution is -2.57. The van der Waals surface area contributed by atoms with Gasteiger partial charge >= 0.3 is 6.18 Å². The highest BCUT2D eigenvalue weighted by Crippen LogP contribution is 2.50. The van der Waals surface area contributed by atoms with Gasteiger partial charge in [0.2, 0.25) is 10.0 Å². The molecule has 5 rings (SSSR count). The molecule has 2 aromatic rings. The summed E-state index contributed by atoms with van der Waals surface area (Å²) in [5, 5.41) is 10.9. The van der Waals surface area contributed by atoms with Crippen LogP contribution in [0.1, 0.15) is 36.4 Å². The molecule has 2 bridgehead atoms. The van der Waals surface area contributed by atoms with Gasteiger partial charge in [-0.05, 0) is 61.2 Å². The van der Waals surface area contributed by atoms with E-state index in [2.05, 4.69) is 0 Å². The normalized spacial score (nSPS) is 27.9. The van der Waals surface area contributed by atoms with E-state index >= 15 is 0 Å². The van der Waals surface area contributed by atoms with Crippen LogP contribution in [0.25, 0.3) is 0 Å². The summed E-state index contributed by atoms with van der Waals surface area (Å²) < 4.78 is 67.0. The molecule has 156 valence electrons. The zero-order valence-corrected chi connectivity index (χ0v) is 16.8. The number of aliphatic hydroxyl groups is 1. The summed E-state index contributed by atoms with van der Waals surface area (Å²) in [5.74, 6) is -0.376. The fourth-order valence-corrected chi connectivity index (χ4v) is 6.51. The maximum absolute atomic E-state index is 13.4. The van der Waals surface area contributed by atoms with Crippen LogP contribution in [0.5, 0.6) is 0 Å². The highest BCUT2D eigenvalue weighted by molar-refractivity contribution is 7.89. The molecular formula is C20H19ClF3NO3S. The van der Waals surface area contributed by atoms with Crippen molar-refractivity contribution in [1.82, 2.24) is 4.31 Å². The quantitative estimate of drug-likeness (QED) is 0.749. The van der Waals surface area contributed by atoms with E-state index in [0.29, 0.717) is 29.8 Å². The van der Waals surface area contributed by atoms with Gasteiger partial charge in [-0.1, -0.05) is 23.7 Å². The van der Waals surface area contributed by atoms with E-state index in [1.807, 2.05) is 0 Å². The zero-order valence-electron chi connectivity index (χ0n) is 15.2. The van der Waals surface area contributed by atoms with E-state index in [4.69, 9.17) is 11.6 Å². The van der Waals surface area contributed by atoms with Gasteiger partial charge in [0.05, 0.1) is 22.6 Å². The highest BCUT2D eigenvalue weighted by Gasteiger charge is 2.52. The SMILES string of the molecule is O=S(=O)(c1ccc(Cl)cc1)N1[C@H]2CC[C@@H]([C@H]1c1ccc(C(F)(F)F)cc1)[C@@H](O)C2. The Bertz CT molecular complexity index is 993. The van der Waals surface area contributed by atoms with Gasteiger partial charge in [-0.2, -0.15) is 17.5 Å². The van der Waals surface area contributed by atoms with Crippen LogP contribution in [0, 0.1) is 5.92 Å². The largest absolute Gasteiger partial charge is 0.416 e. The lowest BCUT2D eigenvalue weighted by atomic mass is 9.72. The van der Waals surface area contributed by atoms with E-state index in [-0.39, 0.29) is 10.8 Å². The Morgan fingerprint density at radius 2 is 1.62 bits per heavy atom. The third-order valence-electron chi connectivity index (χ3n) is 5.85. The minimum atomic E-state index is -4.47. The summed E-state index contributed by atoms with van der Waals surface area (Å²) in [7, 11) is -3.93. The van der Waals surface area contributed by atoms with Crippen molar-refractivity contribution in [2.45, 2.75) is 48.5 Å². The van der Waals surface area contributed by atoms with E-state index in [1.165, 1.54) is 40.7 Å². The second kappa shape index (κ2) is 7.27. The Morgan fingerprint density at radius 1 is 1.00 bits per heavy atom. The van der Waals surface area contributed by atoms with Gasteiger partial charge < -0.3 is 5.11 Å². The zero-order chi connectivity index (χ0) is 21.0. The van der Waals surface area contributed by atoms with Gasteiger partial charge in [-0.25, -0.2) is 8.42 Å². The fourth-order valence-electron chi connectivity index (χ4n) is 4.50. The van der Waals surface area contributed by atoms with Crippen LogP contribution in [0.2, 0.25) is 5.02 Å². The molecule has 2 aliphatic heterocycles. The maximum Gasteiger partial charge on any atom is 0.416 e. The Hall–Kier alpha value is -1.61. The minimum Gasteiger partial charge on any atom is -0.393 e. The van der Waals surface area contributed by atoms with Crippen LogP contribution in [-0.2, 0) is 16.2 Å². The van der Waals surface area contributed by atoms with Crippen molar-refractivity contribution in [2.75, 3.05) is 0 Å². The van der Waals surface area contributed by atoms with Gasteiger partial charge in [0.25, 0.3) is 0 Å². The molecule has 3 aliphatic rings. The number of hydrogen-bond donors (Lipinski definition) is 1. The second-order valence-corrected chi connectivity index (χ2v) is 9.83. The Morgan fingerprint density at radius 3 is 2.17 bits per heavy atom. The number of benzene rings is 2. The van der Waals surface area contributed by atoms with Crippen molar-refractivity contribution in [3.05, 3.63) is 64.7 Å². The predicted octanol–water partition coefficient (Wildman–Crippen LogP) is 4.63. The van der Waals surface area contributed by atoms with E-state index in [1.54, 1.807) is 0 Å². The molecule has 1 N–H and O–H groups in total. The molecule has 2 heterocycles. The molecule has 29 heavy (non-hydrogen) atoms. The summed E-state index contributed by atoms with van der Waals surface area (Å²) in [4.78, 5) is 0.0702. The van der Waals surface area contributed by atoms with Gasteiger partial charge in [0.1, 0.15) is 0 Å². The Balaban J connectivity index is 1.78. The highest BCUT2D eigenvalue weighted by atomic mass is 35.5. The monoisotopic (exact) mass is 445 g/mol. The smallest absolute Gasteiger partial charge is 0.393 e. The van der Waals surface area contributed by atoms with Gasteiger partial charge in [-0.15, -0.1) is 0 Å². The molecule has 2 aromatic carbocycles. The van der Waals surface area contributed by atoms with E-state index < -0.39 is 40.0 Å². The lowest BCUT2D eigenvalue weighted by molar-refractivity contribution is -0.137. The van der Waals surface area contributed by atoms with Crippen molar-refractivity contribution in [3.8, 4) is 0 Å². The van der Waals surface area contributed by atoms with Gasteiger partial charge in [0.15, 0.2) is 0 Å². The number of aliphatic hydroxyl groups excluding tert-OH is 1. The number of rotatable bonds is 3. The Kier molecular flexibility index (Phi) is 5.17. The van der Waals surface area contributed by atoms with Crippen molar-refractivity contribution in [1.29, 1.82) is 0 Å². The van der Waals surface area contributed by atoms with E-state index in [0.717, 1.165) is 12.1 Å². The molecule has 1 aliphatic carbocycles. The molecule has 1 saturated carbocycles. The number of hydrogen-bond acceptors (Lipinski definition) is 3. The van der Waals surface area contributed by atoms with Crippen LogP contribution in [-0.4, -0.2) is 30.0 Å². The first kappa shape index (κ1) is 20.7. The molecule has 2 saturated heterocycles. The predicted molar refractivity (Wildman–Crippen MR) is 102 cm³/mol. The third-order valence-corrected chi connectivity index (χ3v) is 8.05. The number of alkyl halides is 3. The number of nitrogens with zero attached hydrogens (tertiary/aromatic N) is 1. The fraction of sp³-hybridized carbons (Fsp3) is 0.400. The van der Waals surface area contributed by atoms with E-state index in [9.17, 15) is 26.7 Å². The first-order chi connectivity index (χ1) is 13.6. The van der Waals surface area contributed by atoms with Crippen molar-refractivity contribution in [3.63, 3.8) is 0 Å². The molecule has 0 spiro atoms. The summed E-state index contributed by atoms with van der Waals surface area (Å²) >= 11 is 5.87. The third kappa shape index (κ3) is 3.67. The van der Waals surface area contributed by atoms with Crippen molar-refractivity contribution >= 4 is 21.6 Å². The molecule has 0 aromatic heterocycles. The van der Waals surface area contributed by atoms with Crippen LogP contribution in [0.3, 0.4) is 0 Å². The summed E-state index contributed by atoms with van der Waals surface area (Å²) in [6.45, 7) is 0. The van der Waals surface area contributed by atoms with Crippen LogP contribution in [0.4, 0.5) is 13.2 Å². The first-order valence-electron chi connectivity index (χ1n) is 9.23. The Labute approximate surface area is 172 Å². The molecule has 0 radical (unpaired) electrons. The first-order valence-corrected chi connectivity index (χ1v) is 11.0. The number of sulfonamides is 1. The number of halogens is 4. The number of fused-ring (bicyclic) bond motifs is 3. The average molecular weight is 446 g/mol. The molecule has 0 unspecified atom stereocenters. The molecule has 9 heteroatoms. The molecule has 4 atom stereocenters. The van der Waals surface area contributed by atoms with Crippen LogP contribution < -0.4 is 0 Å². The molecule has 3 fully saturated rings. The summed E-state index contributed by atoms with van der Waals surface area (Å²) in [6, 6.07) is 9.20. The molecular weight excluding hydrogens is 427 g/mol. The van der Waals surface area contributed by atoms with Gasteiger partial charge in [-0.3, -0.25) is 0 Å².